The Bertz CT molecular complexity index is 480. The molecule has 0 radical (unpaired) electrons. The van der Waals surface area contributed by atoms with Crippen LogP contribution in [0.15, 0.2) is 18.2 Å². The number of piperazine rings is 1. The van der Waals surface area contributed by atoms with E-state index in [-0.39, 0.29) is 5.82 Å². The highest BCUT2D eigenvalue weighted by Crippen LogP contribution is 2.31. The minimum absolute atomic E-state index is 0.266. The molecule has 0 amide bonds. The minimum Gasteiger partial charge on any atom is -0.494 e. The van der Waals surface area contributed by atoms with Crippen LogP contribution in [0.5, 0.6) is 5.75 Å². The fourth-order valence-electron chi connectivity index (χ4n) is 3.81. The van der Waals surface area contributed by atoms with Crippen LogP contribution in [0, 0.1) is 5.82 Å². The predicted molar refractivity (Wildman–Crippen MR) is 82.0 cm³/mol. The Hall–Kier alpha value is -1.13. The van der Waals surface area contributed by atoms with E-state index in [1.807, 2.05) is 6.07 Å². The van der Waals surface area contributed by atoms with Gasteiger partial charge in [0, 0.05) is 31.7 Å². The Balaban J connectivity index is 1.65. The molecule has 1 heterocycles. The van der Waals surface area contributed by atoms with Crippen LogP contribution in [0.1, 0.15) is 37.7 Å². The SMILES string of the molecule is COc1ccc(CN2CCNC3(CCCCC3)C2)cc1F. The van der Waals surface area contributed by atoms with E-state index in [0.717, 1.165) is 31.7 Å². The number of methoxy groups -OCH3 is 1. The summed E-state index contributed by atoms with van der Waals surface area (Å²) in [6, 6.07) is 5.30. The van der Waals surface area contributed by atoms with Crippen LogP contribution in [-0.2, 0) is 6.54 Å². The van der Waals surface area contributed by atoms with Crippen molar-refractivity contribution in [3.8, 4) is 5.75 Å². The monoisotopic (exact) mass is 292 g/mol. The van der Waals surface area contributed by atoms with Crippen molar-refractivity contribution in [2.24, 2.45) is 0 Å². The van der Waals surface area contributed by atoms with Crippen molar-refractivity contribution < 1.29 is 9.13 Å². The first-order valence-corrected chi connectivity index (χ1v) is 8.01. The summed E-state index contributed by atoms with van der Waals surface area (Å²) in [4.78, 5) is 2.46. The van der Waals surface area contributed by atoms with Crippen molar-refractivity contribution in [1.82, 2.24) is 10.2 Å². The van der Waals surface area contributed by atoms with Gasteiger partial charge in [-0.2, -0.15) is 0 Å². The first-order valence-electron chi connectivity index (χ1n) is 8.01. The Morgan fingerprint density at radius 2 is 2.10 bits per heavy atom. The highest BCUT2D eigenvalue weighted by atomic mass is 19.1. The van der Waals surface area contributed by atoms with Gasteiger partial charge in [0.05, 0.1) is 7.11 Å². The van der Waals surface area contributed by atoms with Gasteiger partial charge >= 0.3 is 0 Å². The van der Waals surface area contributed by atoms with E-state index in [1.165, 1.54) is 39.2 Å². The number of ether oxygens (including phenoxy) is 1. The van der Waals surface area contributed by atoms with Gasteiger partial charge in [-0.1, -0.05) is 25.3 Å². The molecule has 0 atom stereocenters. The van der Waals surface area contributed by atoms with Gasteiger partial charge < -0.3 is 10.1 Å². The number of nitrogens with one attached hydrogen (secondary N) is 1. The molecule has 3 nitrogen and oxygen atoms in total. The summed E-state index contributed by atoms with van der Waals surface area (Å²) in [5.41, 5.74) is 1.34. The second-order valence-electron chi connectivity index (χ2n) is 6.45. The molecule has 1 spiro atoms. The van der Waals surface area contributed by atoms with E-state index in [4.69, 9.17) is 4.74 Å². The fraction of sp³-hybridized carbons (Fsp3) is 0.647. The zero-order valence-corrected chi connectivity index (χ0v) is 12.8. The lowest BCUT2D eigenvalue weighted by Crippen LogP contribution is -2.60. The van der Waals surface area contributed by atoms with Crippen LogP contribution in [0.3, 0.4) is 0 Å². The summed E-state index contributed by atoms with van der Waals surface area (Å²) in [7, 11) is 1.50. The summed E-state index contributed by atoms with van der Waals surface area (Å²) in [6.45, 7) is 3.99. The van der Waals surface area contributed by atoms with Crippen LogP contribution in [-0.4, -0.2) is 37.2 Å². The third kappa shape index (κ3) is 3.38. The van der Waals surface area contributed by atoms with Crippen molar-refractivity contribution in [1.29, 1.82) is 0 Å². The molecule has 1 saturated carbocycles. The summed E-state index contributed by atoms with van der Waals surface area (Å²) in [6.07, 6.45) is 6.59. The molecule has 4 heteroatoms. The summed E-state index contributed by atoms with van der Waals surface area (Å²) < 4.78 is 18.8. The molecule has 1 aliphatic carbocycles. The van der Waals surface area contributed by atoms with Gasteiger partial charge in [-0.25, -0.2) is 4.39 Å². The van der Waals surface area contributed by atoms with E-state index in [2.05, 4.69) is 10.2 Å². The maximum absolute atomic E-state index is 13.8. The van der Waals surface area contributed by atoms with E-state index in [9.17, 15) is 4.39 Å². The van der Waals surface area contributed by atoms with Crippen molar-refractivity contribution in [3.63, 3.8) is 0 Å². The number of hydrogen-bond donors (Lipinski definition) is 1. The lowest BCUT2D eigenvalue weighted by atomic mass is 9.80. The third-order valence-corrected chi connectivity index (χ3v) is 4.89. The first-order chi connectivity index (χ1) is 10.2. The van der Waals surface area contributed by atoms with Crippen molar-refractivity contribution in [2.75, 3.05) is 26.7 Å². The van der Waals surface area contributed by atoms with Crippen LogP contribution in [0.2, 0.25) is 0 Å². The van der Waals surface area contributed by atoms with E-state index in [1.54, 1.807) is 12.1 Å². The second kappa shape index (κ2) is 6.32. The summed E-state index contributed by atoms with van der Waals surface area (Å²) >= 11 is 0. The normalized spacial score (nSPS) is 22.4. The standard InChI is InChI=1S/C17H25FN2O/c1-21-16-6-5-14(11-15(16)18)12-20-10-9-19-17(13-20)7-3-2-4-8-17/h5-6,11,19H,2-4,7-10,12-13H2,1H3. The molecule has 1 aliphatic heterocycles. The molecule has 1 N–H and O–H groups in total. The fourth-order valence-corrected chi connectivity index (χ4v) is 3.81. The largest absolute Gasteiger partial charge is 0.494 e. The van der Waals surface area contributed by atoms with Crippen LogP contribution in [0.4, 0.5) is 4.39 Å². The van der Waals surface area contributed by atoms with Crippen molar-refractivity contribution in [3.05, 3.63) is 29.6 Å². The zero-order chi connectivity index (χ0) is 14.7. The number of halogens is 1. The van der Waals surface area contributed by atoms with Gasteiger partial charge in [-0.05, 0) is 30.5 Å². The zero-order valence-electron chi connectivity index (χ0n) is 12.8. The molecule has 2 fully saturated rings. The average Bonchev–Trinajstić information content (AvgIpc) is 2.48. The molecule has 21 heavy (non-hydrogen) atoms. The Morgan fingerprint density at radius 3 is 2.81 bits per heavy atom. The molecule has 1 aromatic carbocycles. The van der Waals surface area contributed by atoms with Crippen molar-refractivity contribution >= 4 is 0 Å². The molecular weight excluding hydrogens is 267 g/mol. The molecule has 0 unspecified atom stereocenters. The summed E-state index contributed by atoms with van der Waals surface area (Å²) in [5, 5.41) is 3.74. The Morgan fingerprint density at radius 1 is 1.29 bits per heavy atom. The third-order valence-electron chi connectivity index (χ3n) is 4.89. The lowest BCUT2D eigenvalue weighted by Gasteiger charge is -2.46. The Kier molecular flexibility index (Phi) is 4.45. The van der Waals surface area contributed by atoms with E-state index in [0.29, 0.717) is 11.3 Å². The van der Waals surface area contributed by atoms with Crippen molar-refractivity contribution in [2.45, 2.75) is 44.2 Å². The van der Waals surface area contributed by atoms with Gasteiger partial charge in [0.15, 0.2) is 11.6 Å². The predicted octanol–water partition coefficient (Wildman–Crippen LogP) is 2.94. The van der Waals surface area contributed by atoms with Gasteiger partial charge in [0.2, 0.25) is 0 Å². The van der Waals surface area contributed by atoms with Crippen LogP contribution < -0.4 is 10.1 Å². The maximum atomic E-state index is 13.8. The molecule has 1 aromatic rings. The topological polar surface area (TPSA) is 24.5 Å². The smallest absolute Gasteiger partial charge is 0.165 e. The number of nitrogens with zero attached hydrogens (tertiary/aromatic N) is 1. The van der Waals surface area contributed by atoms with Crippen LogP contribution in [0.25, 0.3) is 0 Å². The first kappa shape index (κ1) is 14.8. The Labute approximate surface area is 126 Å². The highest BCUT2D eigenvalue weighted by molar-refractivity contribution is 5.29. The minimum atomic E-state index is -0.266. The van der Waals surface area contributed by atoms with E-state index < -0.39 is 0 Å². The number of benzene rings is 1. The maximum Gasteiger partial charge on any atom is 0.165 e. The van der Waals surface area contributed by atoms with Crippen LogP contribution >= 0.6 is 0 Å². The molecule has 1 saturated heterocycles. The lowest BCUT2D eigenvalue weighted by molar-refractivity contribution is 0.0944. The quantitative estimate of drug-likeness (QED) is 0.927. The highest BCUT2D eigenvalue weighted by Gasteiger charge is 2.35. The second-order valence-corrected chi connectivity index (χ2v) is 6.45. The van der Waals surface area contributed by atoms with Gasteiger partial charge in [-0.15, -0.1) is 0 Å². The van der Waals surface area contributed by atoms with E-state index >= 15 is 0 Å². The average molecular weight is 292 g/mol. The molecule has 2 aliphatic rings. The van der Waals surface area contributed by atoms with Gasteiger partial charge in [-0.3, -0.25) is 4.90 Å². The molecular formula is C17H25FN2O. The van der Waals surface area contributed by atoms with Gasteiger partial charge in [0.1, 0.15) is 0 Å². The summed E-state index contributed by atoms with van der Waals surface area (Å²) in [5.74, 6) is 0.0559. The number of hydrogen-bond acceptors (Lipinski definition) is 3. The molecule has 0 aromatic heterocycles. The number of rotatable bonds is 3. The van der Waals surface area contributed by atoms with Gasteiger partial charge in [0.25, 0.3) is 0 Å². The molecule has 3 rings (SSSR count). The molecule has 0 bridgehead atoms. The molecule has 116 valence electrons.